The Balaban J connectivity index is 1.40. The average Bonchev–Trinajstić information content (AvgIpc) is 2.88. The molecule has 0 radical (unpaired) electrons. The molecule has 2 fully saturated rings. The normalized spacial score (nSPS) is 22.8. The topological polar surface area (TPSA) is 65.9 Å². The molecule has 176 valence electrons. The number of aromatic nitrogens is 1. The van der Waals surface area contributed by atoms with Crippen LogP contribution in [0.4, 0.5) is 0 Å². The van der Waals surface area contributed by atoms with E-state index in [1.165, 1.54) is 5.56 Å². The van der Waals surface area contributed by atoms with E-state index >= 15 is 0 Å². The second-order valence-corrected chi connectivity index (χ2v) is 9.10. The minimum atomic E-state index is 0.0574. The van der Waals surface area contributed by atoms with Crippen LogP contribution in [0.1, 0.15) is 34.7 Å². The first-order chi connectivity index (χ1) is 16.7. The lowest BCUT2D eigenvalue weighted by molar-refractivity contribution is -0.0606. The number of carbonyl (C=O) groups is 1. The van der Waals surface area contributed by atoms with E-state index in [0.717, 1.165) is 42.8 Å². The van der Waals surface area contributed by atoms with Crippen molar-refractivity contribution in [2.45, 2.75) is 30.8 Å². The summed E-state index contributed by atoms with van der Waals surface area (Å²) in [4.78, 5) is 21.6. The summed E-state index contributed by atoms with van der Waals surface area (Å²) >= 11 is 0. The Morgan fingerprint density at radius 1 is 1.03 bits per heavy atom. The largest absolute Gasteiger partial charge is 0.496 e. The monoisotopic (exact) mass is 457 g/mol. The molecule has 1 N–H and O–H groups in total. The van der Waals surface area contributed by atoms with Crippen LogP contribution in [0.15, 0.2) is 73.1 Å². The number of fused-ring (bicyclic) bond motifs is 1. The summed E-state index contributed by atoms with van der Waals surface area (Å²) in [6.45, 7) is 2.50. The number of rotatable bonds is 5. The van der Waals surface area contributed by atoms with Gasteiger partial charge in [0.1, 0.15) is 5.75 Å². The molecule has 34 heavy (non-hydrogen) atoms. The smallest absolute Gasteiger partial charge is 0.254 e. The third-order valence-electron chi connectivity index (χ3n) is 7.30. The van der Waals surface area contributed by atoms with Crippen LogP contribution >= 0.6 is 0 Å². The quantitative estimate of drug-likeness (QED) is 0.631. The summed E-state index contributed by atoms with van der Waals surface area (Å²) in [5, 5.41) is 10.2. The van der Waals surface area contributed by atoms with E-state index in [1.807, 2.05) is 23.1 Å². The predicted molar refractivity (Wildman–Crippen MR) is 132 cm³/mol. The van der Waals surface area contributed by atoms with Gasteiger partial charge in [-0.25, -0.2) is 0 Å². The molecule has 0 unspecified atom stereocenters. The summed E-state index contributed by atoms with van der Waals surface area (Å²) in [6, 6.07) is 20.5. The zero-order valence-electron chi connectivity index (χ0n) is 19.5. The first kappa shape index (κ1) is 22.6. The lowest BCUT2D eigenvalue weighted by atomic mass is 9.74. The van der Waals surface area contributed by atoms with Gasteiger partial charge in [-0.05, 0) is 48.7 Å². The number of para-hydroxylation sites is 1. The summed E-state index contributed by atoms with van der Waals surface area (Å²) in [6.07, 6.45) is 5.32. The number of pyridine rings is 1. The van der Waals surface area contributed by atoms with Crippen molar-refractivity contribution < 1.29 is 14.6 Å². The van der Waals surface area contributed by atoms with Crippen molar-refractivity contribution in [3.8, 4) is 16.9 Å². The fourth-order valence-electron chi connectivity index (χ4n) is 5.57. The number of nitrogens with zero attached hydrogens (tertiary/aromatic N) is 3. The fourth-order valence-corrected chi connectivity index (χ4v) is 5.57. The highest BCUT2D eigenvalue weighted by atomic mass is 16.5. The molecule has 0 bridgehead atoms. The standard InChI is InChI=1S/C28H31N3O3/c1-34-26-7-3-2-6-23(26)20-8-10-21(11-9-20)27-24-18-30(28(33)22-12-14-29-15-13-22)16-4-5-17-31(24)25(27)19-32/h2-3,6-15,24-25,27,32H,4-5,16-19H2,1H3/t24-,25+,27+/m1/s1. The van der Waals surface area contributed by atoms with Gasteiger partial charge in [0.05, 0.1) is 13.7 Å². The summed E-state index contributed by atoms with van der Waals surface area (Å²) < 4.78 is 5.53. The first-order valence-electron chi connectivity index (χ1n) is 12.0. The van der Waals surface area contributed by atoms with Crippen molar-refractivity contribution in [1.82, 2.24) is 14.8 Å². The second-order valence-electron chi connectivity index (χ2n) is 9.10. The Hall–Kier alpha value is -3.22. The van der Waals surface area contributed by atoms with Crippen molar-refractivity contribution in [3.63, 3.8) is 0 Å². The van der Waals surface area contributed by atoms with Gasteiger partial charge >= 0.3 is 0 Å². The Labute approximate surface area is 200 Å². The molecule has 3 atom stereocenters. The van der Waals surface area contributed by atoms with E-state index in [4.69, 9.17) is 4.74 Å². The molecule has 2 aromatic carbocycles. The van der Waals surface area contributed by atoms with Crippen molar-refractivity contribution in [2.24, 2.45) is 0 Å². The van der Waals surface area contributed by atoms with Crippen molar-refractivity contribution in [1.29, 1.82) is 0 Å². The molecule has 1 aromatic heterocycles. The maximum Gasteiger partial charge on any atom is 0.254 e. The second kappa shape index (κ2) is 9.95. The van der Waals surface area contributed by atoms with E-state index in [-0.39, 0.29) is 30.5 Å². The molecule has 5 rings (SSSR count). The molecule has 0 aliphatic carbocycles. The minimum absolute atomic E-state index is 0.0574. The Morgan fingerprint density at radius 2 is 1.76 bits per heavy atom. The third kappa shape index (κ3) is 4.19. The number of ether oxygens (including phenoxy) is 1. The highest BCUT2D eigenvalue weighted by molar-refractivity contribution is 5.94. The highest BCUT2D eigenvalue weighted by Gasteiger charge is 2.49. The molecule has 0 spiro atoms. The number of hydrogen-bond donors (Lipinski definition) is 1. The number of methoxy groups -OCH3 is 1. The van der Waals surface area contributed by atoms with Gasteiger partial charge in [0.15, 0.2) is 0 Å². The molecule has 2 saturated heterocycles. The Bertz CT molecular complexity index is 1120. The van der Waals surface area contributed by atoms with Crippen molar-refractivity contribution in [3.05, 3.63) is 84.2 Å². The lowest BCUT2D eigenvalue weighted by Gasteiger charge is -2.57. The molecular weight excluding hydrogens is 426 g/mol. The number of aliphatic hydroxyl groups is 1. The summed E-state index contributed by atoms with van der Waals surface area (Å²) in [7, 11) is 1.69. The predicted octanol–water partition coefficient (Wildman–Crippen LogP) is 3.82. The van der Waals surface area contributed by atoms with Crippen LogP contribution < -0.4 is 4.74 Å². The molecule has 2 aliphatic rings. The van der Waals surface area contributed by atoms with E-state index in [2.05, 4.69) is 40.2 Å². The van der Waals surface area contributed by atoms with E-state index < -0.39 is 0 Å². The van der Waals surface area contributed by atoms with Crippen molar-refractivity contribution >= 4 is 5.91 Å². The molecule has 1 amide bonds. The average molecular weight is 458 g/mol. The van der Waals surface area contributed by atoms with Crippen LogP contribution in [0.25, 0.3) is 11.1 Å². The molecule has 0 saturated carbocycles. The Kier molecular flexibility index (Phi) is 6.61. The number of hydrogen-bond acceptors (Lipinski definition) is 5. The number of amides is 1. The molecule has 6 heteroatoms. The molecule has 6 nitrogen and oxygen atoms in total. The van der Waals surface area contributed by atoms with Crippen LogP contribution in [-0.4, -0.2) is 71.2 Å². The summed E-state index contributed by atoms with van der Waals surface area (Å²) in [5.74, 6) is 1.09. The van der Waals surface area contributed by atoms with E-state index in [9.17, 15) is 9.90 Å². The van der Waals surface area contributed by atoms with Gasteiger partial charge in [0, 0.05) is 54.6 Å². The number of carbonyl (C=O) groups excluding carboxylic acids is 1. The van der Waals surface area contributed by atoms with E-state index in [0.29, 0.717) is 12.1 Å². The lowest BCUT2D eigenvalue weighted by Crippen LogP contribution is -2.67. The first-order valence-corrected chi connectivity index (χ1v) is 12.0. The van der Waals surface area contributed by atoms with Crippen LogP contribution in [0.3, 0.4) is 0 Å². The maximum atomic E-state index is 13.2. The number of benzene rings is 2. The van der Waals surface area contributed by atoms with Gasteiger partial charge in [-0.3, -0.25) is 14.7 Å². The third-order valence-corrected chi connectivity index (χ3v) is 7.30. The van der Waals surface area contributed by atoms with E-state index in [1.54, 1.807) is 31.6 Å². The maximum absolute atomic E-state index is 13.2. The van der Waals surface area contributed by atoms with Gasteiger partial charge in [0.25, 0.3) is 5.91 Å². The number of aliphatic hydroxyl groups excluding tert-OH is 1. The van der Waals surface area contributed by atoms with Gasteiger partial charge in [-0.1, -0.05) is 42.5 Å². The van der Waals surface area contributed by atoms with Gasteiger partial charge < -0.3 is 14.7 Å². The molecule has 3 heterocycles. The zero-order chi connectivity index (χ0) is 23.5. The SMILES string of the molecule is COc1ccccc1-c1ccc([C@H]2[C@H]3CN(C(=O)c4ccncc4)CCCCN3[C@H]2CO)cc1. The van der Waals surface area contributed by atoms with Gasteiger partial charge in [0.2, 0.25) is 0 Å². The summed E-state index contributed by atoms with van der Waals surface area (Å²) in [5.41, 5.74) is 4.05. The van der Waals surface area contributed by atoms with Gasteiger partial charge in [-0.15, -0.1) is 0 Å². The van der Waals surface area contributed by atoms with Crippen LogP contribution in [0, 0.1) is 0 Å². The van der Waals surface area contributed by atoms with Crippen LogP contribution in [0.2, 0.25) is 0 Å². The van der Waals surface area contributed by atoms with Crippen LogP contribution in [0.5, 0.6) is 5.75 Å². The fraction of sp³-hybridized carbons (Fsp3) is 0.357. The minimum Gasteiger partial charge on any atom is -0.496 e. The van der Waals surface area contributed by atoms with Gasteiger partial charge in [-0.2, -0.15) is 0 Å². The molecular formula is C28H31N3O3. The molecule has 2 aliphatic heterocycles. The zero-order valence-corrected chi connectivity index (χ0v) is 19.5. The highest BCUT2D eigenvalue weighted by Crippen LogP contribution is 2.42. The molecule has 3 aromatic rings. The van der Waals surface area contributed by atoms with Crippen LogP contribution in [-0.2, 0) is 0 Å². The Morgan fingerprint density at radius 3 is 2.50 bits per heavy atom. The van der Waals surface area contributed by atoms with Crippen molar-refractivity contribution in [2.75, 3.05) is 33.4 Å².